The molecule has 3 rings (SSSR count). The van der Waals surface area contributed by atoms with Gasteiger partial charge in [-0.3, -0.25) is 14.9 Å². The summed E-state index contributed by atoms with van der Waals surface area (Å²) in [6, 6.07) is 9.55. The number of alkyl carbamates (subject to hydrolysis) is 1. The van der Waals surface area contributed by atoms with Crippen LogP contribution in [0, 0.1) is 11.8 Å². The van der Waals surface area contributed by atoms with Crippen molar-refractivity contribution < 1.29 is 38.2 Å². The van der Waals surface area contributed by atoms with Crippen LogP contribution in [0.15, 0.2) is 30.3 Å². The van der Waals surface area contributed by atoms with Gasteiger partial charge in [-0.05, 0) is 71.3 Å². The topological polar surface area (TPSA) is 144 Å². The van der Waals surface area contributed by atoms with Crippen LogP contribution in [0.3, 0.4) is 0 Å². The van der Waals surface area contributed by atoms with Crippen molar-refractivity contribution in [2.24, 2.45) is 11.8 Å². The Hall–Kier alpha value is -3.83. The van der Waals surface area contributed by atoms with Crippen LogP contribution in [-0.2, 0) is 35.2 Å². The van der Waals surface area contributed by atoms with Gasteiger partial charge in [0.05, 0.1) is 13.0 Å². The lowest BCUT2D eigenvalue weighted by molar-refractivity contribution is -0.153. The molecule has 1 aromatic rings. The number of benzene rings is 1. The van der Waals surface area contributed by atoms with Crippen LogP contribution < -0.4 is 10.6 Å². The molecule has 2 aliphatic heterocycles. The van der Waals surface area contributed by atoms with Gasteiger partial charge in [0.15, 0.2) is 0 Å². The van der Waals surface area contributed by atoms with E-state index in [1.807, 2.05) is 30.3 Å². The first-order valence-electron chi connectivity index (χ1n) is 14.9. The zero-order chi connectivity index (χ0) is 31.6. The van der Waals surface area contributed by atoms with Gasteiger partial charge in [-0.1, -0.05) is 30.3 Å². The summed E-state index contributed by atoms with van der Waals surface area (Å²) >= 11 is 0. The van der Waals surface area contributed by atoms with Crippen molar-refractivity contribution >= 4 is 30.0 Å². The summed E-state index contributed by atoms with van der Waals surface area (Å²) in [5.74, 6) is -1.57. The van der Waals surface area contributed by atoms with E-state index >= 15 is 0 Å². The van der Waals surface area contributed by atoms with E-state index in [2.05, 4.69) is 10.6 Å². The number of amides is 4. The van der Waals surface area contributed by atoms with Crippen LogP contribution >= 0.6 is 0 Å². The highest BCUT2D eigenvalue weighted by molar-refractivity contribution is 5.91. The fraction of sp³-hybridized carbons (Fsp3) is 0.645. The highest BCUT2D eigenvalue weighted by atomic mass is 16.6. The van der Waals surface area contributed by atoms with Crippen molar-refractivity contribution in [3.05, 3.63) is 35.9 Å². The molecule has 12 nitrogen and oxygen atoms in total. The molecule has 0 spiro atoms. The van der Waals surface area contributed by atoms with Crippen LogP contribution in [0.25, 0.3) is 0 Å². The van der Waals surface area contributed by atoms with E-state index in [0.29, 0.717) is 51.2 Å². The number of nitrogens with zero attached hydrogens (tertiary/aromatic N) is 2. The molecule has 0 saturated carbocycles. The smallest absolute Gasteiger partial charge is 0.410 e. The predicted octanol–water partition coefficient (Wildman–Crippen LogP) is 3.58. The molecule has 0 bridgehead atoms. The number of methoxy groups -OCH3 is 1. The molecule has 2 atom stereocenters. The molecular formula is C31H46N4O8. The average molecular weight is 603 g/mol. The maximum Gasteiger partial charge on any atom is 0.410 e. The number of hydrogen-bond donors (Lipinski definition) is 2. The Bertz CT molecular complexity index is 1130. The second kappa shape index (κ2) is 15.1. The Morgan fingerprint density at radius 1 is 0.907 bits per heavy atom. The highest BCUT2D eigenvalue weighted by Gasteiger charge is 2.41. The number of esters is 1. The molecule has 238 valence electrons. The van der Waals surface area contributed by atoms with Crippen molar-refractivity contribution in [1.82, 2.24) is 20.4 Å². The van der Waals surface area contributed by atoms with Crippen LogP contribution in [0.4, 0.5) is 9.59 Å². The number of rotatable bonds is 9. The maximum atomic E-state index is 13.2. The Labute approximate surface area is 253 Å². The van der Waals surface area contributed by atoms with Gasteiger partial charge < -0.3 is 29.3 Å². The third kappa shape index (κ3) is 10.4. The second-order valence-electron chi connectivity index (χ2n) is 12.4. The highest BCUT2D eigenvalue weighted by Crippen LogP contribution is 2.25. The van der Waals surface area contributed by atoms with Gasteiger partial charge in [-0.25, -0.2) is 14.4 Å². The van der Waals surface area contributed by atoms with Crippen molar-refractivity contribution in [3.63, 3.8) is 0 Å². The average Bonchev–Trinajstić information content (AvgIpc) is 2.97. The molecule has 2 saturated heterocycles. The molecule has 2 fully saturated rings. The molecule has 2 heterocycles. The summed E-state index contributed by atoms with van der Waals surface area (Å²) < 4.78 is 15.5. The molecule has 1 aromatic carbocycles. The Morgan fingerprint density at radius 3 is 2.21 bits per heavy atom. The zero-order valence-electron chi connectivity index (χ0n) is 26.0. The third-order valence-corrected chi connectivity index (χ3v) is 7.71. The largest absolute Gasteiger partial charge is 0.466 e. The summed E-state index contributed by atoms with van der Waals surface area (Å²) in [6.07, 6.45) is 2.65. The number of carbonyl (C=O) groups excluding carboxylic acids is 5. The molecule has 4 amide bonds. The predicted molar refractivity (Wildman–Crippen MR) is 157 cm³/mol. The van der Waals surface area contributed by atoms with Gasteiger partial charge in [-0.15, -0.1) is 0 Å². The van der Waals surface area contributed by atoms with E-state index in [9.17, 15) is 24.0 Å². The lowest BCUT2D eigenvalue weighted by Gasteiger charge is -2.36. The lowest BCUT2D eigenvalue weighted by Crippen LogP contribution is -2.65. The summed E-state index contributed by atoms with van der Waals surface area (Å²) in [4.78, 5) is 67.0. The quantitative estimate of drug-likeness (QED) is 0.248. The Morgan fingerprint density at radius 2 is 1.58 bits per heavy atom. The zero-order valence-corrected chi connectivity index (χ0v) is 26.0. The van der Waals surface area contributed by atoms with Crippen molar-refractivity contribution in [3.8, 4) is 0 Å². The summed E-state index contributed by atoms with van der Waals surface area (Å²) in [5.41, 5.74) is -1.71. The molecule has 2 N–H and O–H groups in total. The minimum absolute atomic E-state index is 0.0233. The molecule has 0 radical (unpaired) electrons. The molecule has 0 aliphatic carbocycles. The van der Waals surface area contributed by atoms with Gasteiger partial charge in [0.25, 0.3) is 0 Å². The van der Waals surface area contributed by atoms with Crippen molar-refractivity contribution in [2.45, 2.75) is 84.1 Å². The van der Waals surface area contributed by atoms with Crippen molar-refractivity contribution in [2.75, 3.05) is 33.3 Å². The van der Waals surface area contributed by atoms with E-state index in [1.165, 1.54) is 6.92 Å². The lowest BCUT2D eigenvalue weighted by atomic mass is 9.91. The summed E-state index contributed by atoms with van der Waals surface area (Å²) in [6.45, 7) is 8.58. The van der Waals surface area contributed by atoms with E-state index < -0.39 is 35.2 Å². The van der Waals surface area contributed by atoms with Crippen LogP contribution in [-0.4, -0.2) is 84.3 Å². The molecule has 12 heteroatoms. The first-order valence-corrected chi connectivity index (χ1v) is 14.9. The van der Waals surface area contributed by atoms with Crippen LogP contribution in [0.2, 0.25) is 0 Å². The van der Waals surface area contributed by atoms with Gasteiger partial charge in [-0.2, -0.15) is 0 Å². The van der Waals surface area contributed by atoms with Gasteiger partial charge in [0.2, 0.25) is 17.5 Å². The Balaban J connectivity index is 1.44. The number of piperidine rings is 2. The maximum absolute atomic E-state index is 13.2. The van der Waals surface area contributed by atoms with Gasteiger partial charge >= 0.3 is 18.2 Å². The summed E-state index contributed by atoms with van der Waals surface area (Å²) in [7, 11) is 1.16. The van der Waals surface area contributed by atoms with Gasteiger partial charge in [0, 0.05) is 32.6 Å². The number of carbonyl (C=O) groups is 5. The molecule has 2 aliphatic rings. The molecule has 0 unspecified atom stereocenters. The van der Waals surface area contributed by atoms with E-state index in [1.54, 1.807) is 30.6 Å². The first kappa shape index (κ1) is 33.7. The SMILES string of the molecule is COC(=O)[C@@](C)(NC(=O)OC(C)(C)C)NC(=O)[C@@H]1CCCN(C(=O)CCC2CCN(C(=O)OCc3ccccc3)CC2)C1. The normalized spacial score (nSPS) is 19.0. The monoisotopic (exact) mass is 602 g/mol. The minimum atomic E-state index is -1.84. The number of hydrogen-bond acceptors (Lipinski definition) is 8. The fourth-order valence-electron chi connectivity index (χ4n) is 5.31. The van der Waals surface area contributed by atoms with Crippen LogP contribution in [0.5, 0.6) is 0 Å². The molecule has 0 aromatic heterocycles. The van der Waals surface area contributed by atoms with Crippen molar-refractivity contribution in [1.29, 1.82) is 0 Å². The number of ether oxygens (including phenoxy) is 3. The van der Waals surface area contributed by atoms with Gasteiger partial charge in [0.1, 0.15) is 12.2 Å². The molecule has 43 heavy (non-hydrogen) atoms. The number of nitrogens with one attached hydrogen (secondary N) is 2. The number of likely N-dealkylation sites (tertiary alicyclic amines) is 2. The first-order chi connectivity index (χ1) is 20.3. The van der Waals surface area contributed by atoms with Crippen LogP contribution in [0.1, 0.15) is 71.8 Å². The minimum Gasteiger partial charge on any atom is -0.466 e. The van der Waals surface area contributed by atoms with E-state index in [-0.39, 0.29) is 25.2 Å². The standard InChI is InChI=1S/C31H46N4O8/c1-30(2,3)43-28(39)33-31(4,27(38)41-5)32-26(37)24-12-9-17-35(20-24)25(36)14-13-22-15-18-34(19-16-22)29(40)42-21-23-10-7-6-8-11-23/h6-8,10-11,22,24H,9,12-21H2,1-5H3,(H,32,37)(H,33,39)/t24-,31-/m1/s1. The third-order valence-electron chi connectivity index (χ3n) is 7.71. The Kier molecular flexibility index (Phi) is 11.8. The fourth-order valence-corrected chi connectivity index (χ4v) is 5.31. The summed E-state index contributed by atoms with van der Waals surface area (Å²) in [5, 5.41) is 5.00. The van der Waals surface area contributed by atoms with E-state index in [0.717, 1.165) is 25.5 Å². The second-order valence-corrected chi connectivity index (χ2v) is 12.4. The van der Waals surface area contributed by atoms with E-state index in [4.69, 9.17) is 14.2 Å². The molecular weight excluding hydrogens is 556 g/mol.